The van der Waals surface area contributed by atoms with Crippen LogP contribution >= 0.6 is 0 Å². The van der Waals surface area contributed by atoms with Crippen molar-refractivity contribution in [1.29, 1.82) is 0 Å². The Morgan fingerprint density at radius 2 is 1.77 bits per heavy atom. The Hall–Kier alpha value is -3.22. The molecular formula is C19H17FN2O4. The molecule has 2 aromatic rings. The van der Waals surface area contributed by atoms with E-state index in [1.165, 1.54) is 24.1 Å². The molecule has 1 N–H and O–H groups in total. The third-order valence-corrected chi connectivity index (χ3v) is 4.13. The second-order valence-corrected chi connectivity index (χ2v) is 5.87. The first-order valence-corrected chi connectivity index (χ1v) is 8.05. The number of nitrogens with one attached hydrogen (secondary N) is 1. The number of amides is 3. The van der Waals surface area contributed by atoms with Gasteiger partial charge in [-0.25, -0.2) is 4.39 Å². The minimum atomic E-state index is -0.676. The molecule has 3 amide bonds. The van der Waals surface area contributed by atoms with Crippen molar-refractivity contribution in [2.75, 3.05) is 12.4 Å². The second kappa shape index (κ2) is 7.35. The zero-order valence-electron chi connectivity index (χ0n) is 14.1. The van der Waals surface area contributed by atoms with Crippen LogP contribution in [0.1, 0.15) is 28.8 Å². The van der Waals surface area contributed by atoms with E-state index in [4.69, 9.17) is 4.74 Å². The zero-order chi connectivity index (χ0) is 18.7. The lowest BCUT2D eigenvalue weighted by Crippen LogP contribution is -2.28. The van der Waals surface area contributed by atoms with Crippen molar-refractivity contribution in [1.82, 2.24) is 4.90 Å². The van der Waals surface area contributed by atoms with Crippen molar-refractivity contribution >= 4 is 23.4 Å². The number of hydrogen-bond donors (Lipinski definition) is 1. The number of rotatable bonds is 5. The van der Waals surface area contributed by atoms with Crippen LogP contribution < -0.4 is 10.1 Å². The summed E-state index contributed by atoms with van der Waals surface area (Å²) in [7, 11) is 1.42. The van der Waals surface area contributed by atoms with Gasteiger partial charge in [-0.3, -0.25) is 19.3 Å². The smallest absolute Gasteiger partial charge is 0.258 e. The number of carbonyl (C=O) groups is 3. The third-order valence-electron chi connectivity index (χ3n) is 4.13. The first-order valence-electron chi connectivity index (χ1n) is 8.05. The topological polar surface area (TPSA) is 75.7 Å². The highest BCUT2D eigenvalue weighted by Gasteiger charge is 2.28. The summed E-state index contributed by atoms with van der Waals surface area (Å²) in [5.41, 5.74) is 1.15. The van der Waals surface area contributed by atoms with Gasteiger partial charge in [0.15, 0.2) is 0 Å². The Labute approximate surface area is 149 Å². The number of halogens is 1. The molecule has 3 rings (SSSR count). The molecule has 1 fully saturated rings. The Morgan fingerprint density at radius 1 is 1.12 bits per heavy atom. The molecule has 26 heavy (non-hydrogen) atoms. The molecule has 0 unspecified atom stereocenters. The van der Waals surface area contributed by atoms with Gasteiger partial charge in [-0.1, -0.05) is 12.1 Å². The highest BCUT2D eigenvalue weighted by molar-refractivity contribution is 6.04. The molecule has 0 aliphatic carbocycles. The standard InChI is InChI=1S/C19H17FN2O4/c1-26-14-6-7-15(16(20)10-14)19(25)21-13-4-2-12(3-5-13)11-22-17(23)8-9-18(22)24/h2-7,10H,8-9,11H2,1H3,(H,21,25). The van der Waals surface area contributed by atoms with Crippen LogP contribution in [0.15, 0.2) is 42.5 Å². The van der Waals surface area contributed by atoms with Crippen LogP contribution in [0.2, 0.25) is 0 Å². The van der Waals surface area contributed by atoms with Crippen LogP contribution in [0, 0.1) is 5.82 Å². The number of nitrogens with zero attached hydrogens (tertiary/aromatic N) is 1. The van der Waals surface area contributed by atoms with E-state index in [1.54, 1.807) is 24.3 Å². The van der Waals surface area contributed by atoms with Crippen LogP contribution in [-0.4, -0.2) is 29.7 Å². The minimum Gasteiger partial charge on any atom is -0.497 e. The molecule has 7 heteroatoms. The number of carbonyl (C=O) groups excluding carboxylic acids is 3. The van der Waals surface area contributed by atoms with Crippen molar-refractivity contribution in [3.8, 4) is 5.75 Å². The molecule has 0 bridgehead atoms. The number of anilines is 1. The summed E-state index contributed by atoms with van der Waals surface area (Å²) in [5.74, 6) is -1.29. The van der Waals surface area contributed by atoms with Gasteiger partial charge in [0, 0.05) is 24.6 Å². The van der Waals surface area contributed by atoms with E-state index >= 15 is 0 Å². The first-order chi connectivity index (χ1) is 12.5. The molecule has 0 spiro atoms. The highest BCUT2D eigenvalue weighted by Crippen LogP contribution is 2.20. The average molecular weight is 356 g/mol. The van der Waals surface area contributed by atoms with Gasteiger partial charge in [-0.2, -0.15) is 0 Å². The maximum Gasteiger partial charge on any atom is 0.258 e. The van der Waals surface area contributed by atoms with Crippen molar-refractivity contribution in [2.45, 2.75) is 19.4 Å². The molecule has 1 aliphatic heterocycles. The van der Waals surface area contributed by atoms with Gasteiger partial charge in [-0.05, 0) is 29.8 Å². The second-order valence-electron chi connectivity index (χ2n) is 5.87. The van der Waals surface area contributed by atoms with Gasteiger partial charge in [0.05, 0.1) is 19.2 Å². The molecule has 2 aromatic carbocycles. The van der Waals surface area contributed by atoms with Crippen LogP contribution in [0.4, 0.5) is 10.1 Å². The molecule has 0 radical (unpaired) electrons. The number of ether oxygens (including phenoxy) is 1. The fourth-order valence-electron chi connectivity index (χ4n) is 2.68. The summed E-state index contributed by atoms with van der Waals surface area (Å²) in [6.45, 7) is 0.207. The predicted molar refractivity (Wildman–Crippen MR) is 92.1 cm³/mol. The Bertz CT molecular complexity index is 848. The summed E-state index contributed by atoms with van der Waals surface area (Å²) in [4.78, 5) is 36.7. The third kappa shape index (κ3) is 3.72. The Kier molecular flexibility index (Phi) is 4.97. The fraction of sp³-hybridized carbons (Fsp3) is 0.211. The average Bonchev–Trinajstić information content (AvgIpc) is 2.95. The van der Waals surface area contributed by atoms with Crippen molar-refractivity contribution in [3.05, 3.63) is 59.4 Å². The van der Waals surface area contributed by atoms with E-state index < -0.39 is 11.7 Å². The summed E-state index contributed by atoms with van der Waals surface area (Å²) >= 11 is 0. The highest BCUT2D eigenvalue weighted by atomic mass is 19.1. The van der Waals surface area contributed by atoms with Gasteiger partial charge in [0.2, 0.25) is 11.8 Å². The van der Waals surface area contributed by atoms with E-state index in [0.29, 0.717) is 11.4 Å². The molecule has 1 saturated heterocycles. The summed E-state index contributed by atoms with van der Waals surface area (Å²) in [6, 6.07) is 10.7. The number of hydrogen-bond acceptors (Lipinski definition) is 4. The lowest BCUT2D eigenvalue weighted by Gasteiger charge is -2.14. The van der Waals surface area contributed by atoms with Crippen molar-refractivity contribution in [2.24, 2.45) is 0 Å². The van der Waals surface area contributed by atoms with E-state index in [0.717, 1.165) is 11.6 Å². The van der Waals surface area contributed by atoms with Crippen LogP contribution in [-0.2, 0) is 16.1 Å². The molecule has 0 aromatic heterocycles. The lowest BCUT2D eigenvalue weighted by atomic mass is 10.1. The summed E-state index contributed by atoms with van der Waals surface area (Å²) in [6.07, 6.45) is 0.501. The molecule has 0 saturated carbocycles. The largest absolute Gasteiger partial charge is 0.497 e. The van der Waals surface area contributed by atoms with Crippen LogP contribution in [0.3, 0.4) is 0 Å². The Morgan fingerprint density at radius 3 is 2.35 bits per heavy atom. The van der Waals surface area contributed by atoms with Gasteiger partial charge < -0.3 is 10.1 Å². The SMILES string of the molecule is COc1ccc(C(=O)Nc2ccc(CN3C(=O)CCC3=O)cc2)c(F)c1. The van der Waals surface area contributed by atoms with Gasteiger partial charge >= 0.3 is 0 Å². The van der Waals surface area contributed by atoms with E-state index in [9.17, 15) is 18.8 Å². The van der Waals surface area contributed by atoms with Crippen LogP contribution in [0.5, 0.6) is 5.75 Å². The van der Waals surface area contributed by atoms with Gasteiger partial charge in [-0.15, -0.1) is 0 Å². The molecule has 1 aliphatic rings. The quantitative estimate of drug-likeness (QED) is 0.836. The minimum absolute atomic E-state index is 0.0943. The monoisotopic (exact) mass is 356 g/mol. The number of likely N-dealkylation sites (tertiary alicyclic amines) is 1. The number of benzene rings is 2. The van der Waals surface area contributed by atoms with Gasteiger partial charge in [0.1, 0.15) is 11.6 Å². The zero-order valence-corrected chi connectivity index (χ0v) is 14.1. The van der Waals surface area contributed by atoms with E-state index in [2.05, 4.69) is 5.32 Å². The molecule has 1 heterocycles. The molecular weight excluding hydrogens is 339 g/mol. The Balaban J connectivity index is 1.66. The lowest BCUT2D eigenvalue weighted by molar-refractivity contribution is -0.139. The van der Waals surface area contributed by atoms with Crippen LogP contribution in [0.25, 0.3) is 0 Å². The molecule has 134 valence electrons. The summed E-state index contributed by atoms with van der Waals surface area (Å²) < 4.78 is 18.9. The summed E-state index contributed by atoms with van der Waals surface area (Å²) in [5, 5.41) is 2.61. The maximum atomic E-state index is 13.9. The van der Waals surface area contributed by atoms with Crippen molar-refractivity contribution in [3.63, 3.8) is 0 Å². The predicted octanol–water partition coefficient (Wildman–Crippen LogP) is 2.74. The van der Waals surface area contributed by atoms with Crippen molar-refractivity contribution < 1.29 is 23.5 Å². The number of imide groups is 1. The molecule has 6 nitrogen and oxygen atoms in total. The molecule has 0 atom stereocenters. The number of methoxy groups -OCH3 is 1. The maximum absolute atomic E-state index is 13.9. The fourth-order valence-corrected chi connectivity index (χ4v) is 2.68. The van der Waals surface area contributed by atoms with Gasteiger partial charge in [0.25, 0.3) is 5.91 Å². The first kappa shape index (κ1) is 17.6. The van der Waals surface area contributed by atoms with E-state index in [1.807, 2.05) is 0 Å². The van der Waals surface area contributed by atoms with E-state index in [-0.39, 0.29) is 36.8 Å². The normalized spacial score (nSPS) is 13.8.